The van der Waals surface area contributed by atoms with E-state index in [9.17, 15) is 4.79 Å². The fourth-order valence-electron chi connectivity index (χ4n) is 5.59. The molecule has 4 heteroatoms. The van der Waals surface area contributed by atoms with Crippen LogP contribution in [0.25, 0.3) is 11.1 Å². The number of hydrogen-bond acceptors (Lipinski definition) is 3. The molecule has 1 aliphatic carbocycles. The van der Waals surface area contributed by atoms with Crippen molar-refractivity contribution in [2.24, 2.45) is 5.73 Å². The summed E-state index contributed by atoms with van der Waals surface area (Å²) in [6.45, 7) is 19.9. The molecule has 4 N–H and O–H groups in total. The van der Waals surface area contributed by atoms with Crippen LogP contribution in [-0.4, -0.2) is 19.5 Å². The lowest BCUT2D eigenvalue weighted by Crippen LogP contribution is -2.17. The van der Waals surface area contributed by atoms with Crippen molar-refractivity contribution in [3.63, 3.8) is 0 Å². The van der Waals surface area contributed by atoms with E-state index in [1.54, 1.807) is 6.20 Å². The van der Waals surface area contributed by atoms with Crippen molar-refractivity contribution in [1.82, 2.24) is 5.32 Å². The lowest BCUT2D eigenvalue weighted by molar-refractivity contribution is 0.100. The summed E-state index contributed by atoms with van der Waals surface area (Å²) in [5.74, 6) is 0.559. The van der Waals surface area contributed by atoms with E-state index in [2.05, 4.69) is 69.2 Å². The van der Waals surface area contributed by atoms with Crippen LogP contribution in [0.1, 0.15) is 137 Å². The quantitative estimate of drug-likeness (QED) is 0.237. The third-order valence-corrected chi connectivity index (χ3v) is 7.83. The predicted octanol–water partition coefficient (Wildman–Crippen LogP) is 9.47. The number of fused-ring (bicyclic) bond motifs is 1. The largest absolute Gasteiger partial charge is 0.366 e. The molecule has 2 atom stereocenters. The van der Waals surface area contributed by atoms with Gasteiger partial charge in [-0.2, -0.15) is 0 Å². The number of nitrogens with two attached hydrogens (primary N) is 1. The van der Waals surface area contributed by atoms with E-state index in [4.69, 9.17) is 5.73 Å². The molecule has 2 aromatic rings. The summed E-state index contributed by atoms with van der Waals surface area (Å²) in [6, 6.07) is 9.10. The number of anilines is 1. The molecule has 0 saturated heterocycles. The van der Waals surface area contributed by atoms with Gasteiger partial charge < -0.3 is 16.4 Å². The van der Waals surface area contributed by atoms with Gasteiger partial charge in [0.05, 0.1) is 11.3 Å². The van der Waals surface area contributed by atoms with E-state index in [-0.39, 0.29) is 5.92 Å². The van der Waals surface area contributed by atoms with E-state index >= 15 is 0 Å². The number of carbonyl (C=O) groups is 1. The highest BCUT2D eigenvalue weighted by molar-refractivity contribution is 6.02. The Bertz CT molecular complexity index is 1020. The maximum absolute atomic E-state index is 12.2. The summed E-state index contributed by atoms with van der Waals surface area (Å²) in [5.41, 5.74) is 14.6. The Morgan fingerprint density at radius 3 is 2.44 bits per heavy atom. The Balaban J connectivity index is 0.000000654. The van der Waals surface area contributed by atoms with E-state index in [1.807, 2.05) is 27.8 Å². The summed E-state index contributed by atoms with van der Waals surface area (Å²) < 4.78 is 0. The SMILES string of the molecule is C=CNc1c(C(N)=O)c(C)cc(-c2ccc3c(c2)CCCC3CC)c1C(C)CC.CC.CCCCCCNC. The van der Waals surface area contributed by atoms with Gasteiger partial charge >= 0.3 is 0 Å². The van der Waals surface area contributed by atoms with Gasteiger partial charge in [-0.1, -0.05) is 91.6 Å². The molecule has 3 rings (SSSR count). The highest BCUT2D eigenvalue weighted by Crippen LogP contribution is 2.42. The number of primary amides is 1. The van der Waals surface area contributed by atoms with Gasteiger partial charge in [0, 0.05) is 0 Å². The minimum absolute atomic E-state index is 0.283. The number of amides is 1. The Morgan fingerprint density at radius 2 is 1.87 bits per heavy atom. The number of aryl methyl sites for hydroxylation is 2. The second kappa shape index (κ2) is 18.7. The van der Waals surface area contributed by atoms with Gasteiger partial charge in [0.2, 0.25) is 0 Å². The van der Waals surface area contributed by atoms with Crippen LogP contribution in [0.5, 0.6) is 0 Å². The molecular formula is C35H57N3O. The maximum atomic E-state index is 12.2. The molecule has 2 aromatic carbocycles. The van der Waals surface area contributed by atoms with Gasteiger partial charge in [0.15, 0.2) is 0 Å². The van der Waals surface area contributed by atoms with Crippen LogP contribution < -0.4 is 16.4 Å². The van der Waals surface area contributed by atoms with Gasteiger partial charge in [-0.25, -0.2) is 0 Å². The van der Waals surface area contributed by atoms with Crippen LogP contribution in [0.2, 0.25) is 0 Å². The minimum atomic E-state index is -0.404. The molecule has 0 heterocycles. The minimum Gasteiger partial charge on any atom is -0.366 e. The van der Waals surface area contributed by atoms with Crippen LogP contribution in [0.3, 0.4) is 0 Å². The Labute approximate surface area is 240 Å². The maximum Gasteiger partial charge on any atom is 0.251 e. The molecule has 0 fully saturated rings. The van der Waals surface area contributed by atoms with Crippen LogP contribution in [0.15, 0.2) is 37.0 Å². The number of unbranched alkanes of at least 4 members (excludes halogenated alkanes) is 3. The molecule has 1 amide bonds. The summed E-state index contributed by atoms with van der Waals surface area (Å²) >= 11 is 0. The average molecular weight is 536 g/mol. The smallest absolute Gasteiger partial charge is 0.251 e. The lowest BCUT2D eigenvalue weighted by Gasteiger charge is -2.27. The molecule has 0 aromatic heterocycles. The molecule has 39 heavy (non-hydrogen) atoms. The fraction of sp³-hybridized carbons (Fsp3) is 0.571. The average Bonchev–Trinajstić information content (AvgIpc) is 2.95. The van der Waals surface area contributed by atoms with Gasteiger partial charge in [-0.05, 0) is 110 Å². The lowest BCUT2D eigenvalue weighted by atomic mass is 9.79. The van der Waals surface area contributed by atoms with E-state index < -0.39 is 5.91 Å². The number of hydrogen-bond donors (Lipinski definition) is 3. The number of nitrogens with one attached hydrogen (secondary N) is 2. The normalized spacial score (nSPS) is 14.6. The van der Waals surface area contributed by atoms with Crippen molar-refractivity contribution in [2.45, 2.75) is 118 Å². The summed E-state index contributed by atoms with van der Waals surface area (Å²) in [5, 5.41) is 6.36. The molecule has 218 valence electrons. The van der Waals surface area contributed by atoms with Crippen molar-refractivity contribution >= 4 is 11.6 Å². The molecule has 0 bridgehead atoms. The first-order valence-electron chi connectivity index (χ1n) is 15.5. The highest BCUT2D eigenvalue weighted by atomic mass is 16.1. The van der Waals surface area contributed by atoms with Crippen LogP contribution in [0.4, 0.5) is 5.69 Å². The molecule has 1 aliphatic rings. The monoisotopic (exact) mass is 535 g/mol. The van der Waals surface area contributed by atoms with Crippen LogP contribution in [-0.2, 0) is 6.42 Å². The zero-order valence-electron chi connectivity index (χ0n) is 26.3. The Hall–Kier alpha value is -2.59. The van der Waals surface area contributed by atoms with Crippen molar-refractivity contribution < 1.29 is 4.79 Å². The van der Waals surface area contributed by atoms with Gasteiger partial charge in [0.1, 0.15) is 0 Å². The first kappa shape index (κ1) is 34.4. The molecule has 0 radical (unpaired) electrons. The van der Waals surface area contributed by atoms with Gasteiger partial charge in [0.25, 0.3) is 5.91 Å². The Morgan fingerprint density at radius 1 is 1.15 bits per heavy atom. The fourth-order valence-corrected chi connectivity index (χ4v) is 5.59. The molecule has 0 aliphatic heterocycles. The third kappa shape index (κ3) is 9.53. The van der Waals surface area contributed by atoms with E-state index in [0.29, 0.717) is 11.5 Å². The summed E-state index contributed by atoms with van der Waals surface area (Å²) in [4.78, 5) is 12.2. The van der Waals surface area contributed by atoms with E-state index in [0.717, 1.165) is 29.7 Å². The number of benzene rings is 2. The van der Waals surface area contributed by atoms with Gasteiger partial charge in [-0.3, -0.25) is 4.79 Å². The number of rotatable bonds is 12. The number of carbonyl (C=O) groups excluding carboxylic acids is 1. The molecule has 0 spiro atoms. The van der Waals surface area contributed by atoms with Crippen molar-refractivity contribution in [2.75, 3.05) is 18.9 Å². The highest BCUT2D eigenvalue weighted by Gasteiger charge is 2.24. The van der Waals surface area contributed by atoms with Crippen molar-refractivity contribution in [1.29, 1.82) is 0 Å². The van der Waals surface area contributed by atoms with Crippen LogP contribution in [0, 0.1) is 6.92 Å². The van der Waals surface area contributed by atoms with Gasteiger partial charge in [-0.15, -0.1) is 0 Å². The summed E-state index contributed by atoms with van der Waals surface area (Å²) in [6.07, 6.45) is 13.0. The summed E-state index contributed by atoms with van der Waals surface area (Å²) in [7, 11) is 2.01. The zero-order valence-corrected chi connectivity index (χ0v) is 26.3. The second-order valence-electron chi connectivity index (χ2n) is 10.5. The first-order chi connectivity index (χ1) is 18.8. The second-order valence-corrected chi connectivity index (χ2v) is 10.5. The van der Waals surface area contributed by atoms with E-state index in [1.165, 1.54) is 73.7 Å². The first-order valence-corrected chi connectivity index (χ1v) is 15.5. The predicted molar refractivity (Wildman–Crippen MR) is 173 cm³/mol. The third-order valence-electron chi connectivity index (χ3n) is 7.83. The molecule has 2 unspecified atom stereocenters. The van der Waals surface area contributed by atoms with Crippen LogP contribution >= 0.6 is 0 Å². The van der Waals surface area contributed by atoms with Crippen molar-refractivity contribution in [3.8, 4) is 11.1 Å². The molecule has 0 saturated carbocycles. The topological polar surface area (TPSA) is 67.1 Å². The molecular weight excluding hydrogens is 478 g/mol. The standard InChI is InChI=1S/C26H34N2O.C7H17N.C2H6/c1-6-16(4)23-22(14-17(5)24(26(27)29)25(23)28-8-3)20-12-13-21-18(7-2)10-9-11-19(21)15-20;1-3-4-5-6-7-8-2;1-2/h8,12-16,18,28H,3,6-7,9-11H2,1-2,4-5H3,(H2,27,29);8H,3-7H2,1-2H3;1-2H3. The van der Waals surface area contributed by atoms with Crippen molar-refractivity contribution in [3.05, 3.63) is 64.9 Å². The zero-order chi connectivity index (χ0) is 29.4. The molecule has 4 nitrogen and oxygen atoms in total. The Kier molecular flexibility index (Phi) is 16.5.